The quantitative estimate of drug-likeness (QED) is 0.759. The summed E-state index contributed by atoms with van der Waals surface area (Å²) in [7, 11) is 0. The fourth-order valence-electron chi connectivity index (χ4n) is 2.36. The Morgan fingerprint density at radius 1 is 1.00 bits per heavy atom. The fraction of sp³-hybridized carbons (Fsp3) is 0.235. The second-order valence-corrected chi connectivity index (χ2v) is 6.56. The van der Waals surface area contributed by atoms with E-state index < -0.39 is 0 Å². The summed E-state index contributed by atoms with van der Waals surface area (Å²) in [5.74, 6) is -0.0487. The average molecular weight is 373 g/mol. The molecule has 0 atom stereocenters. The van der Waals surface area contributed by atoms with Gasteiger partial charge in [-0.15, -0.1) is 0 Å². The lowest BCUT2D eigenvalue weighted by atomic mass is 10.1. The van der Waals surface area contributed by atoms with Crippen molar-refractivity contribution in [1.29, 1.82) is 0 Å². The zero-order chi connectivity index (χ0) is 17.1. The number of nitrogens with one attached hydrogen (secondary N) is 1. The topological polar surface area (TPSA) is 38.3 Å². The monoisotopic (exact) mass is 371 g/mol. The Morgan fingerprint density at radius 3 is 2.04 bits per heavy atom. The van der Waals surface area contributed by atoms with E-state index in [9.17, 15) is 4.79 Å². The summed E-state index contributed by atoms with van der Waals surface area (Å²) in [6, 6.07) is 7.04. The van der Waals surface area contributed by atoms with Crippen LogP contribution in [0.15, 0.2) is 24.3 Å². The van der Waals surface area contributed by atoms with Crippen LogP contribution in [0.25, 0.3) is 0 Å². The Bertz CT molecular complexity index is 713. The van der Waals surface area contributed by atoms with Gasteiger partial charge in [-0.05, 0) is 44.0 Å². The van der Waals surface area contributed by atoms with Crippen molar-refractivity contribution < 1.29 is 9.53 Å². The molecule has 0 aliphatic carbocycles. The van der Waals surface area contributed by atoms with E-state index in [1.807, 2.05) is 32.9 Å². The first-order valence-electron chi connectivity index (χ1n) is 6.93. The average Bonchev–Trinajstić information content (AvgIpc) is 2.41. The van der Waals surface area contributed by atoms with Crippen molar-refractivity contribution in [2.45, 2.75) is 20.8 Å². The van der Waals surface area contributed by atoms with Crippen LogP contribution < -0.4 is 10.1 Å². The highest BCUT2D eigenvalue weighted by atomic mass is 35.5. The molecule has 0 unspecified atom stereocenters. The molecule has 1 amide bonds. The number of rotatable bonds is 4. The molecule has 0 radical (unpaired) electrons. The van der Waals surface area contributed by atoms with E-state index in [0.717, 1.165) is 22.4 Å². The molecule has 0 heterocycles. The first-order chi connectivity index (χ1) is 10.8. The van der Waals surface area contributed by atoms with Crippen molar-refractivity contribution in [3.63, 3.8) is 0 Å². The van der Waals surface area contributed by atoms with Gasteiger partial charge in [0.15, 0.2) is 12.4 Å². The minimum absolute atomic E-state index is 0.201. The Balaban J connectivity index is 2.07. The molecule has 3 nitrogen and oxygen atoms in total. The molecule has 0 saturated carbocycles. The third-order valence-electron chi connectivity index (χ3n) is 3.25. The lowest BCUT2D eigenvalue weighted by molar-refractivity contribution is -0.118. The molecule has 0 aliphatic rings. The summed E-state index contributed by atoms with van der Waals surface area (Å²) in [4.78, 5) is 12.1. The van der Waals surface area contributed by atoms with E-state index in [0.29, 0.717) is 5.02 Å². The van der Waals surface area contributed by atoms with Crippen molar-refractivity contribution in [3.8, 4) is 5.75 Å². The van der Waals surface area contributed by atoms with E-state index in [-0.39, 0.29) is 28.3 Å². The Morgan fingerprint density at radius 2 is 1.52 bits per heavy atom. The molecule has 0 spiro atoms. The van der Waals surface area contributed by atoms with Gasteiger partial charge in [0.2, 0.25) is 0 Å². The van der Waals surface area contributed by atoms with Gasteiger partial charge in [0.1, 0.15) is 0 Å². The molecule has 2 aromatic rings. The number of carbonyl (C=O) groups is 1. The minimum Gasteiger partial charge on any atom is -0.481 e. The molecule has 122 valence electrons. The van der Waals surface area contributed by atoms with Gasteiger partial charge < -0.3 is 10.1 Å². The summed E-state index contributed by atoms with van der Waals surface area (Å²) in [6.45, 7) is 5.71. The number of halogens is 3. The van der Waals surface area contributed by atoms with Crippen LogP contribution in [0.3, 0.4) is 0 Å². The number of benzene rings is 2. The SMILES string of the molecule is Cc1cc(C)c(NC(=O)COc2c(Cl)cc(Cl)cc2Cl)c(C)c1. The summed E-state index contributed by atoms with van der Waals surface area (Å²) in [5, 5.41) is 3.78. The Hall–Kier alpha value is -1.42. The molecule has 0 aliphatic heterocycles. The molecular formula is C17H16Cl3NO2. The standard InChI is InChI=1S/C17H16Cl3NO2/c1-9-4-10(2)16(11(3)5-9)21-15(22)8-23-17-13(19)6-12(18)7-14(17)20/h4-7H,8H2,1-3H3,(H,21,22). The third kappa shape index (κ3) is 4.54. The van der Waals surface area contributed by atoms with Gasteiger partial charge in [0.25, 0.3) is 5.91 Å². The van der Waals surface area contributed by atoms with Crippen LogP contribution in [0, 0.1) is 20.8 Å². The van der Waals surface area contributed by atoms with E-state index in [4.69, 9.17) is 39.5 Å². The summed E-state index contributed by atoms with van der Waals surface area (Å²) in [6.07, 6.45) is 0. The van der Waals surface area contributed by atoms with E-state index in [1.54, 1.807) is 0 Å². The van der Waals surface area contributed by atoms with Crippen LogP contribution in [0.5, 0.6) is 5.75 Å². The van der Waals surface area contributed by atoms with Gasteiger partial charge in [-0.2, -0.15) is 0 Å². The lowest BCUT2D eigenvalue weighted by Gasteiger charge is -2.14. The maximum Gasteiger partial charge on any atom is 0.262 e. The predicted molar refractivity (Wildman–Crippen MR) is 96.2 cm³/mol. The number of hydrogen-bond donors (Lipinski definition) is 1. The highest BCUT2D eigenvalue weighted by Gasteiger charge is 2.13. The van der Waals surface area contributed by atoms with Crippen molar-refractivity contribution in [3.05, 3.63) is 56.0 Å². The van der Waals surface area contributed by atoms with Gasteiger partial charge in [-0.1, -0.05) is 52.5 Å². The van der Waals surface area contributed by atoms with Crippen LogP contribution in [-0.2, 0) is 4.79 Å². The molecule has 0 fully saturated rings. The molecule has 6 heteroatoms. The number of aryl methyl sites for hydroxylation is 3. The number of amides is 1. The number of ether oxygens (including phenoxy) is 1. The van der Waals surface area contributed by atoms with Gasteiger partial charge in [-0.3, -0.25) is 4.79 Å². The second-order valence-electron chi connectivity index (χ2n) is 5.31. The van der Waals surface area contributed by atoms with Crippen LogP contribution in [-0.4, -0.2) is 12.5 Å². The number of anilines is 1. The highest BCUT2D eigenvalue weighted by Crippen LogP contribution is 2.35. The highest BCUT2D eigenvalue weighted by molar-refractivity contribution is 6.40. The number of hydrogen-bond acceptors (Lipinski definition) is 2. The Labute approximate surface area is 150 Å². The van der Waals surface area contributed by atoms with Gasteiger partial charge in [0.05, 0.1) is 10.0 Å². The zero-order valence-corrected chi connectivity index (χ0v) is 15.2. The van der Waals surface area contributed by atoms with Gasteiger partial charge in [-0.25, -0.2) is 0 Å². The number of carbonyl (C=O) groups excluding carboxylic acids is 1. The summed E-state index contributed by atoms with van der Waals surface area (Å²) >= 11 is 17.9. The molecular weight excluding hydrogens is 357 g/mol. The maximum absolute atomic E-state index is 12.1. The maximum atomic E-state index is 12.1. The summed E-state index contributed by atoms with van der Waals surface area (Å²) < 4.78 is 5.43. The molecule has 23 heavy (non-hydrogen) atoms. The molecule has 1 N–H and O–H groups in total. The van der Waals surface area contributed by atoms with Crippen molar-refractivity contribution in [2.75, 3.05) is 11.9 Å². The van der Waals surface area contributed by atoms with Crippen LogP contribution in [0.1, 0.15) is 16.7 Å². The first kappa shape index (κ1) is 17.9. The molecule has 0 bridgehead atoms. The Kier molecular flexibility index (Phi) is 5.79. The van der Waals surface area contributed by atoms with Crippen LogP contribution in [0.2, 0.25) is 15.1 Å². The van der Waals surface area contributed by atoms with Crippen molar-refractivity contribution >= 4 is 46.4 Å². The normalized spacial score (nSPS) is 10.5. The smallest absolute Gasteiger partial charge is 0.262 e. The molecule has 0 saturated heterocycles. The van der Waals surface area contributed by atoms with E-state index in [1.165, 1.54) is 12.1 Å². The molecule has 2 rings (SSSR count). The van der Waals surface area contributed by atoms with Crippen LogP contribution in [0.4, 0.5) is 5.69 Å². The minimum atomic E-state index is -0.290. The van der Waals surface area contributed by atoms with Gasteiger partial charge >= 0.3 is 0 Å². The van der Waals surface area contributed by atoms with E-state index in [2.05, 4.69) is 5.32 Å². The van der Waals surface area contributed by atoms with Crippen molar-refractivity contribution in [1.82, 2.24) is 0 Å². The largest absolute Gasteiger partial charge is 0.481 e. The fourth-order valence-corrected chi connectivity index (χ4v) is 3.28. The van der Waals surface area contributed by atoms with Gasteiger partial charge in [0, 0.05) is 10.7 Å². The molecule has 2 aromatic carbocycles. The predicted octanol–water partition coefficient (Wildman–Crippen LogP) is 5.59. The van der Waals surface area contributed by atoms with Crippen molar-refractivity contribution in [2.24, 2.45) is 0 Å². The van der Waals surface area contributed by atoms with Crippen LogP contribution >= 0.6 is 34.8 Å². The third-order valence-corrected chi connectivity index (χ3v) is 4.03. The van der Waals surface area contributed by atoms with E-state index >= 15 is 0 Å². The second kappa shape index (κ2) is 7.43. The summed E-state index contributed by atoms with van der Waals surface area (Å²) in [5.41, 5.74) is 3.93. The zero-order valence-electron chi connectivity index (χ0n) is 13.0. The lowest BCUT2D eigenvalue weighted by Crippen LogP contribution is -2.21. The first-order valence-corrected chi connectivity index (χ1v) is 8.06. The molecule has 0 aromatic heterocycles.